The van der Waals surface area contributed by atoms with Crippen LogP contribution >= 0.6 is 0 Å². The van der Waals surface area contributed by atoms with Crippen LogP contribution in [0.15, 0.2) is 78.9 Å². The summed E-state index contributed by atoms with van der Waals surface area (Å²) < 4.78 is 27.8. The molecule has 1 atom stereocenters. The maximum absolute atomic E-state index is 14.4. The smallest absolute Gasteiger partial charge is 0.244 e. The van der Waals surface area contributed by atoms with Gasteiger partial charge in [-0.15, -0.1) is 0 Å². The number of rotatable bonds is 13. The van der Waals surface area contributed by atoms with Crippen LogP contribution in [0.2, 0.25) is 0 Å². The number of hydrogen-bond acceptors (Lipinski definition) is 4. The molecule has 4 fully saturated rings. The SMILES string of the molecule is CCCNC(=O)[C@H](Cc1ccccc1)N(Cc1ccccc1C)C(=O)CN(c1ccc(C23CC4CC(CC(C4)C2)C3)cc1)S(C)(=O)=O. The van der Waals surface area contributed by atoms with Crippen molar-refractivity contribution < 1.29 is 18.0 Å². The molecule has 0 heterocycles. The minimum atomic E-state index is -3.82. The van der Waals surface area contributed by atoms with Crippen molar-refractivity contribution in [2.45, 2.75) is 83.2 Å². The summed E-state index contributed by atoms with van der Waals surface area (Å²) in [5, 5.41) is 3.00. The van der Waals surface area contributed by atoms with Gasteiger partial charge in [0.2, 0.25) is 21.8 Å². The molecule has 4 bridgehead atoms. The summed E-state index contributed by atoms with van der Waals surface area (Å²) in [6.45, 7) is 4.25. The first-order valence-corrected chi connectivity index (χ1v) is 19.1. The Bertz CT molecular complexity index is 1640. The van der Waals surface area contributed by atoms with Crippen LogP contribution in [0.5, 0.6) is 0 Å². The number of benzene rings is 3. The third-order valence-corrected chi connectivity index (χ3v) is 12.0. The van der Waals surface area contributed by atoms with Crippen molar-refractivity contribution in [1.82, 2.24) is 10.2 Å². The van der Waals surface area contributed by atoms with Crippen molar-refractivity contribution in [3.05, 3.63) is 101 Å². The zero-order chi connectivity index (χ0) is 33.2. The molecule has 1 N–H and O–H groups in total. The van der Waals surface area contributed by atoms with Gasteiger partial charge in [-0.05, 0) is 109 Å². The molecule has 2 amide bonds. The number of carbonyl (C=O) groups excluding carboxylic acids is 2. The summed E-state index contributed by atoms with van der Waals surface area (Å²) in [7, 11) is -3.82. The second-order valence-electron chi connectivity index (χ2n) is 14.5. The Balaban J connectivity index is 1.30. The van der Waals surface area contributed by atoms with Gasteiger partial charge in [0.05, 0.1) is 11.9 Å². The van der Waals surface area contributed by atoms with Crippen LogP contribution < -0.4 is 9.62 Å². The first-order valence-electron chi connectivity index (χ1n) is 17.3. The summed E-state index contributed by atoms with van der Waals surface area (Å²) in [6.07, 6.45) is 9.99. The molecule has 7 nitrogen and oxygen atoms in total. The molecule has 8 heteroatoms. The molecule has 3 aromatic carbocycles. The average Bonchev–Trinajstić information content (AvgIpc) is 3.04. The van der Waals surface area contributed by atoms with Crippen LogP contribution in [0, 0.1) is 24.7 Å². The predicted molar refractivity (Wildman–Crippen MR) is 187 cm³/mol. The number of hydrogen-bond donors (Lipinski definition) is 1. The van der Waals surface area contributed by atoms with Gasteiger partial charge in [0.25, 0.3) is 0 Å². The van der Waals surface area contributed by atoms with E-state index in [1.165, 1.54) is 48.4 Å². The topological polar surface area (TPSA) is 86.8 Å². The highest BCUT2D eigenvalue weighted by molar-refractivity contribution is 7.92. The molecule has 47 heavy (non-hydrogen) atoms. The summed E-state index contributed by atoms with van der Waals surface area (Å²) >= 11 is 0. The number of anilines is 1. The van der Waals surface area contributed by atoms with Crippen LogP contribution in [0.4, 0.5) is 5.69 Å². The van der Waals surface area contributed by atoms with Gasteiger partial charge >= 0.3 is 0 Å². The van der Waals surface area contributed by atoms with E-state index in [0.717, 1.165) is 47.1 Å². The number of sulfonamides is 1. The van der Waals surface area contributed by atoms with E-state index in [0.29, 0.717) is 18.7 Å². The molecular formula is C39H49N3O4S. The normalized spacial score (nSPS) is 23.7. The van der Waals surface area contributed by atoms with E-state index >= 15 is 0 Å². The fourth-order valence-corrected chi connectivity index (χ4v) is 9.80. The zero-order valence-corrected chi connectivity index (χ0v) is 28.8. The molecule has 4 aliphatic carbocycles. The second kappa shape index (κ2) is 13.8. The summed E-state index contributed by atoms with van der Waals surface area (Å²) in [4.78, 5) is 29.8. The van der Waals surface area contributed by atoms with Crippen molar-refractivity contribution in [3.8, 4) is 0 Å². The lowest BCUT2D eigenvalue weighted by atomic mass is 9.48. The van der Waals surface area contributed by atoms with Gasteiger partial charge < -0.3 is 10.2 Å². The first-order chi connectivity index (χ1) is 22.5. The summed E-state index contributed by atoms with van der Waals surface area (Å²) in [5.41, 5.74) is 4.80. The minimum Gasteiger partial charge on any atom is -0.354 e. The number of nitrogens with zero attached hydrogens (tertiary/aromatic N) is 2. The Morgan fingerprint density at radius 2 is 1.47 bits per heavy atom. The van der Waals surface area contributed by atoms with Gasteiger partial charge in [0.15, 0.2) is 0 Å². The van der Waals surface area contributed by atoms with E-state index in [4.69, 9.17) is 0 Å². The maximum atomic E-state index is 14.4. The largest absolute Gasteiger partial charge is 0.354 e. The van der Waals surface area contributed by atoms with Crippen LogP contribution in [0.1, 0.15) is 74.1 Å². The highest BCUT2D eigenvalue weighted by Crippen LogP contribution is 2.60. The van der Waals surface area contributed by atoms with Gasteiger partial charge in [-0.25, -0.2) is 8.42 Å². The van der Waals surface area contributed by atoms with Gasteiger partial charge in [-0.1, -0.05) is 73.7 Å². The molecule has 0 unspecified atom stereocenters. The molecule has 3 aromatic rings. The monoisotopic (exact) mass is 655 g/mol. The van der Waals surface area contributed by atoms with E-state index < -0.39 is 28.5 Å². The van der Waals surface area contributed by atoms with Crippen molar-refractivity contribution >= 4 is 27.5 Å². The Kier molecular flexibility index (Phi) is 9.79. The van der Waals surface area contributed by atoms with Gasteiger partial charge in [0.1, 0.15) is 12.6 Å². The van der Waals surface area contributed by atoms with Gasteiger partial charge in [0, 0.05) is 19.5 Å². The number of amides is 2. The fraction of sp³-hybridized carbons (Fsp3) is 0.487. The van der Waals surface area contributed by atoms with E-state index in [9.17, 15) is 18.0 Å². The Labute approximate surface area is 280 Å². The Hall–Kier alpha value is -3.65. The van der Waals surface area contributed by atoms with Crippen molar-refractivity contribution in [2.24, 2.45) is 17.8 Å². The Morgan fingerprint density at radius 3 is 2.04 bits per heavy atom. The molecule has 0 radical (unpaired) electrons. The lowest BCUT2D eigenvalue weighted by molar-refractivity contribution is -0.140. The summed E-state index contributed by atoms with van der Waals surface area (Å²) in [5.74, 6) is 1.76. The number of aryl methyl sites for hydroxylation is 1. The predicted octanol–water partition coefficient (Wildman–Crippen LogP) is 6.40. The van der Waals surface area contributed by atoms with E-state index in [1.54, 1.807) is 4.90 Å². The lowest BCUT2D eigenvalue weighted by Gasteiger charge is -2.57. The third kappa shape index (κ3) is 7.43. The lowest BCUT2D eigenvalue weighted by Crippen LogP contribution is -2.53. The molecule has 4 saturated carbocycles. The average molecular weight is 656 g/mol. The zero-order valence-electron chi connectivity index (χ0n) is 28.0. The van der Waals surface area contributed by atoms with Crippen molar-refractivity contribution in [3.63, 3.8) is 0 Å². The first kappa shape index (κ1) is 33.3. The molecule has 0 spiro atoms. The third-order valence-electron chi connectivity index (χ3n) is 10.9. The number of carbonyl (C=O) groups is 2. The standard InChI is InChI=1S/C39H49N3O4S/c1-4-18-40-38(44)36(22-29-11-6-5-7-12-29)41(26-33-13-9-8-10-28(33)2)37(43)27-42(47(3,45)46)35-16-14-34(15-17-35)39-23-30-19-31(24-39)21-32(20-30)25-39/h5-17,30-32,36H,4,18-27H2,1-3H3,(H,40,44)/t30?,31?,32?,36-,39?/m0/s1. The molecule has 0 saturated heterocycles. The molecule has 7 rings (SSSR count). The summed E-state index contributed by atoms with van der Waals surface area (Å²) in [6, 6.07) is 24.6. The van der Waals surface area contributed by atoms with E-state index in [2.05, 4.69) is 17.4 Å². The van der Waals surface area contributed by atoms with Crippen LogP contribution in [0.3, 0.4) is 0 Å². The van der Waals surface area contributed by atoms with Gasteiger partial charge in [-0.3, -0.25) is 13.9 Å². The van der Waals surface area contributed by atoms with Crippen molar-refractivity contribution in [2.75, 3.05) is 23.7 Å². The molecule has 0 aliphatic heterocycles. The van der Waals surface area contributed by atoms with Crippen LogP contribution in [-0.4, -0.2) is 50.5 Å². The Morgan fingerprint density at radius 1 is 0.872 bits per heavy atom. The highest BCUT2D eigenvalue weighted by atomic mass is 32.2. The number of nitrogens with one attached hydrogen (secondary N) is 1. The van der Waals surface area contributed by atoms with Crippen LogP contribution in [-0.2, 0) is 38.0 Å². The highest BCUT2D eigenvalue weighted by Gasteiger charge is 2.51. The van der Waals surface area contributed by atoms with Crippen LogP contribution in [0.25, 0.3) is 0 Å². The fourth-order valence-electron chi connectivity index (χ4n) is 8.95. The van der Waals surface area contributed by atoms with Crippen molar-refractivity contribution in [1.29, 1.82) is 0 Å². The van der Waals surface area contributed by atoms with E-state index in [-0.39, 0.29) is 17.9 Å². The maximum Gasteiger partial charge on any atom is 0.244 e. The molecule has 0 aromatic heterocycles. The minimum absolute atomic E-state index is 0.186. The quantitative estimate of drug-likeness (QED) is 0.231. The molecule has 250 valence electrons. The molecular weight excluding hydrogens is 607 g/mol. The second-order valence-corrected chi connectivity index (χ2v) is 16.4. The van der Waals surface area contributed by atoms with E-state index in [1.807, 2.05) is 80.6 Å². The van der Waals surface area contributed by atoms with Gasteiger partial charge in [-0.2, -0.15) is 0 Å². The molecule has 4 aliphatic rings.